The van der Waals surface area contributed by atoms with Gasteiger partial charge in [0.2, 0.25) is 0 Å². The van der Waals surface area contributed by atoms with E-state index in [9.17, 15) is 0 Å². The molecule has 0 aromatic rings. The number of hydrogen-bond donors (Lipinski definition) is 1. The molecule has 2 saturated carbocycles. The highest BCUT2D eigenvalue weighted by Crippen LogP contribution is 2.27. The zero-order chi connectivity index (χ0) is 8.23. The number of ether oxygens (including phenoxy) is 1. The Kier molecular flexibility index (Phi) is 3.01. The average molecular weight is 169 g/mol. The van der Waals surface area contributed by atoms with Gasteiger partial charge in [0.1, 0.15) is 0 Å². The van der Waals surface area contributed by atoms with Gasteiger partial charge in [-0.1, -0.05) is 0 Å². The largest absolute Gasteiger partial charge is 0.377 e. The van der Waals surface area contributed by atoms with Crippen LogP contribution in [0, 0.1) is 5.92 Å². The van der Waals surface area contributed by atoms with Crippen molar-refractivity contribution < 1.29 is 4.74 Å². The van der Waals surface area contributed by atoms with Crippen LogP contribution in [0.5, 0.6) is 0 Å². The van der Waals surface area contributed by atoms with Gasteiger partial charge in [-0.25, -0.2) is 0 Å². The highest BCUT2D eigenvalue weighted by atomic mass is 16.5. The van der Waals surface area contributed by atoms with Crippen LogP contribution in [-0.2, 0) is 4.74 Å². The predicted molar refractivity (Wildman–Crippen MR) is 49.2 cm³/mol. The van der Waals surface area contributed by atoms with Crippen molar-refractivity contribution in [1.82, 2.24) is 5.32 Å². The molecule has 1 N–H and O–H groups in total. The molecule has 0 aromatic carbocycles. The Bertz CT molecular complexity index is 130. The first-order valence-electron chi connectivity index (χ1n) is 5.27. The Hall–Kier alpha value is -0.0800. The van der Waals surface area contributed by atoms with Crippen LogP contribution in [0.25, 0.3) is 0 Å². The fraction of sp³-hybridized carbons (Fsp3) is 1.00. The van der Waals surface area contributed by atoms with Gasteiger partial charge in [0.15, 0.2) is 0 Å². The Morgan fingerprint density at radius 2 is 2.00 bits per heavy atom. The van der Waals surface area contributed by atoms with Gasteiger partial charge in [-0.05, 0) is 44.6 Å². The monoisotopic (exact) mass is 169 g/mol. The molecule has 2 aliphatic rings. The Labute approximate surface area is 74.7 Å². The number of hydrogen-bond acceptors (Lipinski definition) is 2. The lowest BCUT2D eigenvalue weighted by Gasteiger charge is -2.25. The molecule has 70 valence electrons. The molecule has 2 aliphatic carbocycles. The maximum atomic E-state index is 5.62. The minimum Gasteiger partial charge on any atom is -0.377 e. The van der Waals surface area contributed by atoms with Crippen LogP contribution in [0.2, 0.25) is 0 Å². The van der Waals surface area contributed by atoms with Gasteiger partial charge in [-0.3, -0.25) is 0 Å². The number of nitrogens with one attached hydrogen (secondary N) is 1. The summed E-state index contributed by atoms with van der Waals surface area (Å²) in [5.74, 6) is 0.994. The van der Waals surface area contributed by atoms with Gasteiger partial charge in [0, 0.05) is 6.54 Å². The second-order valence-corrected chi connectivity index (χ2v) is 4.07. The van der Waals surface area contributed by atoms with E-state index in [0.29, 0.717) is 6.10 Å². The lowest BCUT2D eigenvalue weighted by molar-refractivity contribution is 0.00427. The summed E-state index contributed by atoms with van der Waals surface area (Å²) in [5, 5.41) is 3.43. The molecule has 2 heteroatoms. The van der Waals surface area contributed by atoms with E-state index in [1.807, 2.05) is 0 Å². The fourth-order valence-electron chi connectivity index (χ4n) is 1.46. The first-order chi connectivity index (χ1) is 5.95. The van der Waals surface area contributed by atoms with Crippen molar-refractivity contribution in [3.8, 4) is 0 Å². The van der Waals surface area contributed by atoms with Crippen LogP contribution in [-0.4, -0.2) is 25.8 Å². The highest BCUT2D eigenvalue weighted by Gasteiger charge is 2.20. The van der Waals surface area contributed by atoms with E-state index in [1.165, 1.54) is 38.6 Å². The predicted octanol–water partition coefficient (Wildman–Crippen LogP) is 1.56. The molecule has 0 saturated heterocycles. The molecule has 2 nitrogen and oxygen atoms in total. The van der Waals surface area contributed by atoms with Gasteiger partial charge in [0.25, 0.3) is 0 Å². The zero-order valence-electron chi connectivity index (χ0n) is 7.72. The Morgan fingerprint density at radius 1 is 1.17 bits per heavy atom. The normalized spacial score (nSPS) is 24.0. The van der Waals surface area contributed by atoms with Crippen LogP contribution in [0.15, 0.2) is 0 Å². The topological polar surface area (TPSA) is 21.3 Å². The summed E-state index contributed by atoms with van der Waals surface area (Å²) in [4.78, 5) is 0. The summed E-state index contributed by atoms with van der Waals surface area (Å²) < 4.78 is 5.62. The molecule has 0 aliphatic heterocycles. The van der Waals surface area contributed by atoms with E-state index >= 15 is 0 Å². The van der Waals surface area contributed by atoms with Gasteiger partial charge in [0.05, 0.1) is 12.7 Å². The van der Waals surface area contributed by atoms with Crippen molar-refractivity contribution in [3.63, 3.8) is 0 Å². The summed E-state index contributed by atoms with van der Waals surface area (Å²) in [6.07, 6.45) is 7.45. The van der Waals surface area contributed by atoms with Crippen LogP contribution in [0.1, 0.15) is 32.1 Å². The van der Waals surface area contributed by atoms with Gasteiger partial charge >= 0.3 is 0 Å². The van der Waals surface area contributed by atoms with E-state index in [4.69, 9.17) is 4.74 Å². The third-order valence-corrected chi connectivity index (χ3v) is 2.81. The SMILES string of the molecule is C1CC(OCCNCC2CC2)C1. The molecule has 0 bridgehead atoms. The Morgan fingerprint density at radius 3 is 2.58 bits per heavy atom. The molecular weight excluding hydrogens is 150 g/mol. The molecule has 2 rings (SSSR count). The maximum absolute atomic E-state index is 5.62. The van der Waals surface area contributed by atoms with Crippen LogP contribution in [0.3, 0.4) is 0 Å². The quantitative estimate of drug-likeness (QED) is 0.609. The highest BCUT2D eigenvalue weighted by molar-refractivity contribution is 4.75. The van der Waals surface area contributed by atoms with Gasteiger partial charge in [-0.2, -0.15) is 0 Å². The smallest absolute Gasteiger partial charge is 0.0594 e. The van der Waals surface area contributed by atoms with Crippen molar-refractivity contribution in [2.24, 2.45) is 5.92 Å². The third-order valence-electron chi connectivity index (χ3n) is 2.81. The van der Waals surface area contributed by atoms with Crippen LogP contribution in [0.4, 0.5) is 0 Å². The van der Waals surface area contributed by atoms with E-state index in [0.717, 1.165) is 19.1 Å². The molecule has 12 heavy (non-hydrogen) atoms. The van der Waals surface area contributed by atoms with Crippen molar-refractivity contribution in [2.45, 2.75) is 38.2 Å². The second-order valence-electron chi connectivity index (χ2n) is 4.07. The summed E-state index contributed by atoms with van der Waals surface area (Å²) in [7, 11) is 0. The summed E-state index contributed by atoms with van der Waals surface area (Å²) in [6.45, 7) is 3.18. The molecule has 0 radical (unpaired) electrons. The zero-order valence-corrected chi connectivity index (χ0v) is 7.72. The summed E-state index contributed by atoms with van der Waals surface area (Å²) in [5.41, 5.74) is 0. The molecule has 2 fully saturated rings. The molecule has 0 atom stereocenters. The summed E-state index contributed by atoms with van der Waals surface area (Å²) >= 11 is 0. The van der Waals surface area contributed by atoms with E-state index in [2.05, 4.69) is 5.32 Å². The van der Waals surface area contributed by atoms with Crippen LogP contribution >= 0.6 is 0 Å². The fourth-order valence-corrected chi connectivity index (χ4v) is 1.46. The van der Waals surface area contributed by atoms with Gasteiger partial charge in [-0.15, -0.1) is 0 Å². The van der Waals surface area contributed by atoms with Crippen molar-refractivity contribution in [3.05, 3.63) is 0 Å². The van der Waals surface area contributed by atoms with Crippen LogP contribution < -0.4 is 5.32 Å². The third kappa shape index (κ3) is 2.76. The second kappa shape index (κ2) is 4.24. The standard InChI is InChI=1S/C10H19NO/c1-2-10(3-1)12-7-6-11-8-9-4-5-9/h9-11H,1-8H2. The average Bonchev–Trinajstić information content (AvgIpc) is 2.76. The van der Waals surface area contributed by atoms with Crippen molar-refractivity contribution in [1.29, 1.82) is 0 Å². The van der Waals surface area contributed by atoms with E-state index in [-0.39, 0.29) is 0 Å². The maximum Gasteiger partial charge on any atom is 0.0594 e. The summed E-state index contributed by atoms with van der Waals surface area (Å²) in [6, 6.07) is 0. The lowest BCUT2D eigenvalue weighted by Crippen LogP contribution is -2.27. The van der Waals surface area contributed by atoms with E-state index < -0.39 is 0 Å². The van der Waals surface area contributed by atoms with Crippen molar-refractivity contribution in [2.75, 3.05) is 19.7 Å². The Balaban J connectivity index is 1.35. The van der Waals surface area contributed by atoms with Gasteiger partial charge < -0.3 is 10.1 Å². The minimum atomic E-state index is 0.604. The molecule has 0 unspecified atom stereocenters. The van der Waals surface area contributed by atoms with Crippen molar-refractivity contribution >= 4 is 0 Å². The first-order valence-corrected chi connectivity index (χ1v) is 5.27. The lowest BCUT2D eigenvalue weighted by atomic mass is 9.96. The molecular formula is C10H19NO. The van der Waals surface area contributed by atoms with E-state index in [1.54, 1.807) is 0 Å². The number of rotatable bonds is 6. The molecule has 0 spiro atoms. The molecule has 0 aromatic heterocycles. The first kappa shape index (κ1) is 8.52. The minimum absolute atomic E-state index is 0.604. The molecule has 0 amide bonds. The molecule has 0 heterocycles.